The Morgan fingerprint density at radius 1 is 0.861 bits per heavy atom. The van der Waals surface area contributed by atoms with Crippen LogP contribution >= 0.6 is 0 Å². The second-order valence-corrected chi connectivity index (χ2v) is 7.90. The van der Waals surface area contributed by atoms with Crippen molar-refractivity contribution in [3.05, 3.63) is 67.8 Å². The van der Waals surface area contributed by atoms with E-state index < -0.39 is 9.85 Å². The molecule has 0 radical (unpaired) electrons. The topological polar surface area (TPSA) is 150 Å². The van der Waals surface area contributed by atoms with Crippen LogP contribution in [0.2, 0.25) is 0 Å². The van der Waals surface area contributed by atoms with Gasteiger partial charge in [-0.05, 0) is 37.1 Å². The number of anilines is 2. The van der Waals surface area contributed by atoms with Crippen LogP contribution in [0.25, 0.3) is 0 Å². The Morgan fingerprint density at radius 3 is 1.83 bits per heavy atom. The van der Waals surface area contributed by atoms with Crippen LogP contribution in [0.4, 0.5) is 22.7 Å². The van der Waals surface area contributed by atoms with E-state index >= 15 is 0 Å². The fraction of sp³-hybridized carbons (Fsp3) is 0.440. The average Bonchev–Trinajstić information content (AvgIpc) is 2.88. The molecule has 0 unspecified atom stereocenters. The minimum Gasteiger partial charge on any atom is -0.383 e. The molecule has 0 aliphatic rings. The van der Waals surface area contributed by atoms with E-state index in [4.69, 9.17) is 15.3 Å². The number of nitriles is 2. The summed E-state index contributed by atoms with van der Waals surface area (Å²) in [6.07, 6.45) is 3.17. The van der Waals surface area contributed by atoms with Crippen molar-refractivity contribution in [1.29, 1.82) is 10.5 Å². The summed E-state index contributed by atoms with van der Waals surface area (Å²) in [6.45, 7) is 7.22. The molecule has 2 aromatic rings. The molecule has 0 atom stereocenters. The molecule has 2 rings (SSSR count). The molecule has 0 aliphatic heterocycles. The molecule has 36 heavy (non-hydrogen) atoms. The number of nitro benzene ring substituents is 2. The summed E-state index contributed by atoms with van der Waals surface area (Å²) < 4.78 is 4.94. The standard InChI is InChI=1S/C14H19N3O2.C11H13N3O3/c1-3-5-9-16(8-4-2)13-6-7-14(17(18)19)12(10-13)11-15;1-13(5-6-17-2)10-3-4-11(14(15)16)9(7-10)8-12/h6-7,10H,3-5,8-9H2,1-2H3;3-4,7H,5-6H2,1-2H3. The smallest absolute Gasteiger partial charge is 0.287 e. The van der Waals surface area contributed by atoms with Gasteiger partial charge in [0.15, 0.2) is 0 Å². The molecular formula is C25H32N6O5. The number of unbranched alkanes of at least 4 members (excludes halogenated alkanes) is 1. The van der Waals surface area contributed by atoms with Crippen molar-refractivity contribution in [2.45, 2.75) is 33.1 Å². The van der Waals surface area contributed by atoms with Gasteiger partial charge in [-0.2, -0.15) is 10.5 Å². The lowest BCUT2D eigenvalue weighted by Crippen LogP contribution is -2.25. The van der Waals surface area contributed by atoms with E-state index in [-0.39, 0.29) is 22.5 Å². The minimum absolute atomic E-state index is 0.0665. The maximum Gasteiger partial charge on any atom is 0.287 e. The molecule has 0 N–H and O–H groups in total. The van der Waals surface area contributed by atoms with E-state index in [0.29, 0.717) is 13.2 Å². The van der Waals surface area contributed by atoms with Crippen LogP contribution in [0.3, 0.4) is 0 Å². The maximum atomic E-state index is 10.8. The van der Waals surface area contributed by atoms with Crippen LogP contribution in [0.1, 0.15) is 44.2 Å². The SMILES string of the molecule is CCCCN(CCC)c1ccc([N+](=O)[O-])c(C#N)c1.COCCN(C)c1ccc([N+](=O)[O-])c(C#N)c1. The highest BCUT2D eigenvalue weighted by molar-refractivity contribution is 5.60. The first-order valence-electron chi connectivity index (χ1n) is 11.6. The Hall–Kier alpha value is -4.22. The van der Waals surface area contributed by atoms with Crippen LogP contribution in [-0.4, -0.2) is 50.2 Å². The molecule has 0 aliphatic carbocycles. The second-order valence-electron chi connectivity index (χ2n) is 7.90. The number of rotatable bonds is 12. The highest BCUT2D eigenvalue weighted by Crippen LogP contribution is 2.25. The molecule has 192 valence electrons. The molecule has 0 saturated carbocycles. The molecule has 0 heterocycles. The summed E-state index contributed by atoms with van der Waals surface area (Å²) in [5, 5.41) is 39.3. The van der Waals surface area contributed by atoms with Gasteiger partial charge < -0.3 is 14.5 Å². The van der Waals surface area contributed by atoms with E-state index in [1.54, 1.807) is 25.3 Å². The second kappa shape index (κ2) is 15.6. The van der Waals surface area contributed by atoms with Crippen molar-refractivity contribution in [3.63, 3.8) is 0 Å². The van der Waals surface area contributed by atoms with Gasteiger partial charge in [0.25, 0.3) is 11.4 Å². The van der Waals surface area contributed by atoms with Crippen molar-refractivity contribution < 1.29 is 14.6 Å². The lowest BCUT2D eigenvalue weighted by Gasteiger charge is -2.24. The van der Waals surface area contributed by atoms with Crippen LogP contribution in [0, 0.1) is 42.9 Å². The Bertz CT molecular complexity index is 1110. The van der Waals surface area contributed by atoms with Gasteiger partial charge in [-0.3, -0.25) is 20.2 Å². The maximum absolute atomic E-state index is 10.8. The van der Waals surface area contributed by atoms with E-state index in [9.17, 15) is 20.2 Å². The van der Waals surface area contributed by atoms with Crippen LogP contribution in [0.15, 0.2) is 36.4 Å². The van der Waals surface area contributed by atoms with Crippen molar-refractivity contribution in [2.24, 2.45) is 0 Å². The van der Waals surface area contributed by atoms with Gasteiger partial charge in [-0.25, -0.2) is 0 Å². The normalized spacial score (nSPS) is 9.83. The number of nitrogens with zero attached hydrogens (tertiary/aromatic N) is 6. The zero-order valence-corrected chi connectivity index (χ0v) is 21.1. The van der Waals surface area contributed by atoms with Crippen molar-refractivity contribution in [1.82, 2.24) is 0 Å². The Balaban J connectivity index is 0.000000362. The van der Waals surface area contributed by atoms with Gasteiger partial charge in [0.2, 0.25) is 0 Å². The van der Waals surface area contributed by atoms with Crippen molar-refractivity contribution in [2.75, 3.05) is 50.2 Å². The Labute approximate surface area is 211 Å². The van der Waals surface area contributed by atoms with Gasteiger partial charge in [0.05, 0.1) is 16.5 Å². The fourth-order valence-electron chi connectivity index (χ4n) is 3.33. The fourth-order valence-corrected chi connectivity index (χ4v) is 3.33. The summed E-state index contributed by atoms with van der Waals surface area (Å²) in [5.74, 6) is 0. The summed E-state index contributed by atoms with van der Waals surface area (Å²) >= 11 is 0. The molecule has 0 bridgehead atoms. The van der Waals surface area contributed by atoms with Gasteiger partial charge in [-0.15, -0.1) is 0 Å². The summed E-state index contributed by atoms with van der Waals surface area (Å²) in [7, 11) is 3.44. The molecule has 11 heteroatoms. The molecule has 2 aromatic carbocycles. The van der Waals surface area contributed by atoms with E-state index in [1.807, 2.05) is 24.1 Å². The third-order valence-electron chi connectivity index (χ3n) is 5.31. The predicted molar refractivity (Wildman–Crippen MR) is 138 cm³/mol. The molecule has 11 nitrogen and oxygen atoms in total. The highest BCUT2D eigenvalue weighted by Gasteiger charge is 2.16. The summed E-state index contributed by atoms with van der Waals surface area (Å²) in [4.78, 5) is 24.4. The molecule has 0 amide bonds. The first-order chi connectivity index (χ1) is 17.2. The Kier molecular flexibility index (Phi) is 12.9. The molecule has 0 spiro atoms. The Morgan fingerprint density at radius 2 is 1.39 bits per heavy atom. The average molecular weight is 497 g/mol. The van der Waals surface area contributed by atoms with Crippen molar-refractivity contribution in [3.8, 4) is 12.1 Å². The van der Waals surface area contributed by atoms with Crippen molar-refractivity contribution >= 4 is 22.7 Å². The lowest BCUT2D eigenvalue weighted by atomic mass is 10.1. The quantitative estimate of drug-likeness (QED) is 0.291. The van der Waals surface area contributed by atoms with Gasteiger partial charge in [-0.1, -0.05) is 20.3 Å². The first-order valence-corrected chi connectivity index (χ1v) is 11.6. The van der Waals surface area contributed by atoms with Crippen LogP contribution in [0.5, 0.6) is 0 Å². The summed E-state index contributed by atoms with van der Waals surface area (Å²) in [6, 6.07) is 13.0. The third-order valence-corrected chi connectivity index (χ3v) is 5.31. The number of nitro groups is 2. The summed E-state index contributed by atoms with van der Waals surface area (Å²) in [5.41, 5.74) is 1.54. The molecular weight excluding hydrogens is 464 g/mol. The minimum atomic E-state index is -0.558. The largest absolute Gasteiger partial charge is 0.383 e. The number of methoxy groups -OCH3 is 1. The van der Waals surface area contributed by atoms with Crippen LogP contribution in [-0.2, 0) is 4.74 Å². The van der Waals surface area contributed by atoms with Crippen LogP contribution < -0.4 is 9.80 Å². The van der Waals surface area contributed by atoms with Gasteiger partial charge in [0.1, 0.15) is 23.3 Å². The predicted octanol–water partition coefficient (Wildman–Crippen LogP) is 5.03. The molecule has 0 saturated heterocycles. The van der Waals surface area contributed by atoms with E-state index in [0.717, 1.165) is 43.7 Å². The van der Waals surface area contributed by atoms with E-state index in [1.165, 1.54) is 18.2 Å². The van der Waals surface area contributed by atoms with E-state index in [2.05, 4.69) is 18.7 Å². The number of ether oxygens (including phenoxy) is 1. The number of hydrogen-bond acceptors (Lipinski definition) is 9. The van der Waals surface area contributed by atoms with Gasteiger partial charge >= 0.3 is 0 Å². The molecule has 0 fully saturated rings. The number of benzene rings is 2. The first kappa shape index (κ1) is 29.8. The van der Waals surface area contributed by atoms with Gasteiger partial charge in [0, 0.05) is 57.3 Å². The number of likely N-dealkylation sites (N-methyl/N-ethyl adjacent to an activating group) is 1. The third kappa shape index (κ3) is 8.85. The lowest BCUT2D eigenvalue weighted by molar-refractivity contribution is -0.385. The zero-order chi connectivity index (χ0) is 27.1. The number of hydrogen-bond donors (Lipinski definition) is 0. The molecule has 0 aromatic heterocycles. The highest BCUT2D eigenvalue weighted by atomic mass is 16.6. The zero-order valence-electron chi connectivity index (χ0n) is 21.1. The monoisotopic (exact) mass is 496 g/mol.